The van der Waals surface area contributed by atoms with Gasteiger partial charge in [0.15, 0.2) is 21.2 Å². The molecule has 5 atom stereocenters. The molecule has 1 aromatic heterocycles. The molecule has 1 heterocycles. The number of nitrogens with zero attached hydrogens (tertiary/aromatic N) is 1. The molecule has 11 heteroatoms. The third-order valence-electron chi connectivity index (χ3n) is 9.25. The first-order valence-electron chi connectivity index (χ1n) is 16.3. The number of aliphatic hydroxyl groups excluding tert-OH is 2. The van der Waals surface area contributed by atoms with Gasteiger partial charge in [-0.25, -0.2) is 13.4 Å². The molecule has 6 N–H and O–H groups in total. The minimum atomic E-state index is -3.79. The minimum Gasteiger partial charge on any atom is -0.393 e. The Hall–Kier alpha value is -2.60. The van der Waals surface area contributed by atoms with Gasteiger partial charge in [-0.15, -0.1) is 0 Å². The number of Topliss-reactive ketones (excluding diaryl/α,β-unsaturated/α-hetero) is 1. The summed E-state index contributed by atoms with van der Waals surface area (Å²) in [5, 5.41) is 24.8. The zero-order valence-corrected chi connectivity index (χ0v) is 28.4. The molecule has 1 aromatic carbocycles. The second-order valence-corrected chi connectivity index (χ2v) is 17.1. The van der Waals surface area contributed by atoms with Crippen LogP contribution in [0.25, 0.3) is 0 Å². The van der Waals surface area contributed by atoms with Gasteiger partial charge in [0, 0.05) is 25.0 Å². The molecule has 0 aliphatic heterocycles. The summed E-state index contributed by atoms with van der Waals surface area (Å²) in [5.74, 6) is -2.91. The van der Waals surface area contributed by atoms with E-state index in [0.29, 0.717) is 12.1 Å². The number of ketones is 1. The van der Waals surface area contributed by atoms with Gasteiger partial charge in [-0.1, -0.05) is 76.3 Å². The summed E-state index contributed by atoms with van der Waals surface area (Å²) in [6.45, 7) is 8.47. The Labute approximate surface area is 268 Å². The van der Waals surface area contributed by atoms with E-state index in [4.69, 9.17) is 5.73 Å². The number of amides is 1. The number of imidazole rings is 1. The number of aromatic amines is 1. The number of benzene rings is 1. The third kappa shape index (κ3) is 10.2. The average molecular weight is 647 g/mol. The fourth-order valence-electron chi connectivity index (χ4n) is 6.03. The van der Waals surface area contributed by atoms with Crippen LogP contribution in [0.3, 0.4) is 0 Å². The topological polar surface area (TPSA) is 175 Å². The normalized spacial score (nSPS) is 19.0. The summed E-state index contributed by atoms with van der Waals surface area (Å²) < 4.78 is 25.8. The summed E-state index contributed by atoms with van der Waals surface area (Å²) in [4.78, 5) is 35.9. The Morgan fingerprint density at radius 1 is 1.07 bits per heavy atom. The highest BCUT2D eigenvalue weighted by molar-refractivity contribution is 7.92. The predicted octanol–water partition coefficient (Wildman–Crippen LogP) is 3.51. The molecule has 0 spiro atoms. The lowest BCUT2D eigenvalue weighted by Crippen LogP contribution is -2.65. The highest BCUT2D eigenvalue weighted by Gasteiger charge is 2.48. The standard InChI is InChI=1S/C34H54N4O6S/c1-23(2)29(39)18-30(40)28(17-25-14-10-7-11-15-25)38-32(42)34(35,19-27-20-36-22-37-27)31(41)26(16-24-12-8-6-9-13-24)21-45(43,44)33(3,4)5/h6,8-9,12-13,20,22-23,25-26,28-30,39-40H,7,10-11,14-19,21,35H2,1-5H3,(H,36,37)(H,38,42)/t26?,28-,29?,30?,34+/m0/s1. The van der Waals surface area contributed by atoms with Crippen molar-refractivity contribution in [1.82, 2.24) is 15.3 Å². The molecule has 1 amide bonds. The van der Waals surface area contributed by atoms with Gasteiger partial charge in [0.05, 0.1) is 40.8 Å². The molecule has 1 fully saturated rings. The van der Waals surface area contributed by atoms with Crippen LogP contribution in [0.15, 0.2) is 42.9 Å². The van der Waals surface area contributed by atoms with E-state index in [1.54, 1.807) is 27.0 Å². The second-order valence-electron chi connectivity index (χ2n) is 14.3. The van der Waals surface area contributed by atoms with Gasteiger partial charge in [-0.05, 0) is 51.0 Å². The first-order chi connectivity index (χ1) is 21.0. The lowest BCUT2D eigenvalue weighted by atomic mass is 9.79. The molecule has 252 valence electrons. The summed E-state index contributed by atoms with van der Waals surface area (Å²) in [6.07, 6.45) is 6.70. The highest BCUT2D eigenvalue weighted by atomic mass is 32.2. The Bertz CT molecular complexity index is 1320. The van der Waals surface area contributed by atoms with Crippen LogP contribution in [0.2, 0.25) is 0 Å². The number of hydrogen-bond donors (Lipinski definition) is 5. The van der Waals surface area contributed by atoms with Crippen molar-refractivity contribution in [3.05, 3.63) is 54.1 Å². The van der Waals surface area contributed by atoms with Crippen molar-refractivity contribution in [2.45, 2.75) is 121 Å². The van der Waals surface area contributed by atoms with Gasteiger partial charge in [0.25, 0.3) is 0 Å². The molecule has 1 saturated carbocycles. The average Bonchev–Trinajstić information content (AvgIpc) is 3.49. The quantitative estimate of drug-likeness (QED) is 0.172. The molecular weight excluding hydrogens is 592 g/mol. The van der Waals surface area contributed by atoms with Crippen LogP contribution in [0, 0.1) is 17.8 Å². The van der Waals surface area contributed by atoms with E-state index < -0.39 is 61.7 Å². The summed E-state index contributed by atoms with van der Waals surface area (Å²) in [7, 11) is -3.79. The zero-order chi connectivity index (χ0) is 33.4. The number of carbonyl (C=O) groups excluding carboxylic acids is 2. The number of aliphatic hydroxyl groups is 2. The number of H-pyrrole nitrogens is 1. The smallest absolute Gasteiger partial charge is 0.248 e. The van der Waals surface area contributed by atoms with E-state index in [1.807, 2.05) is 44.2 Å². The van der Waals surface area contributed by atoms with Gasteiger partial charge < -0.3 is 26.2 Å². The number of nitrogens with one attached hydrogen (secondary N) is 2. The lowest BCUT2D eigenvalue weighted by molar-refractivity contribution is -0.139. The summed E-state index contributed by atoms with van der Waals surface area (Å²) >= 11 is 0. The van der Waals surface area contributed by atoms with Crippen LogP contribution in [-0.4, -0.2) is 74.6 Å². The number of aromatic nitrogens is 2. The molecule has 0 radical (unpaired) electrons. The zero-order valence-electron chi connectivity index (χ0n) is 27.5. The predicted molar refractivity (Wildman–Crippen MR) is 176 cm³/mol. The van der Waals surface area contributed by atoms with Crippen LogP contribution < -0.4 is 11.1 Å². The maximum Gasteiger partial charge on any atom is 0.248 e. The molecule has 10 nitrogen and oxygen atoms in total. The lowest BCUT2D eigenvalue weighted by Gasteiger charge is -2.36. The number of sulfone groups is 1. The van der Waals surface area contributed by atoms with Crippen molar-refractivity contribution in [2.24, 2.45) is 23.5 Å². The van der Waals surface area contributed by atoms with E-state index in [-0.39, 0.29) is 31.1 Å². The highest BCUT2D eigenvalue weighted by Crippen LogP contribution is 2.30. The van der Waals surface area contributed by atoms with E-state index >= 15 is 0 Å². The molecule has 1 aliphatic carbocycles. The molecule has 0 bridgehead atoms. The Morgan fingerprint density at radius 2 is 1.71 bits per heavy atom. The van der Waals surface area contributed by atoms with E-state index in [0.717, 1.165) is 37.7 Å². The van der Waals surface area contributed by atoms with Crippen LogP contribution >= 0.6 is 0 Å². The molecule has 3 unspecified atom stereocenters. The largest absolute Gasteiger partial charge is 0.393 e. The van der Waals surface area contributed by atoms with Crippen molar-refractivity contribution in [3.63, 3.8) is 0 Å². The van der Waals surface area contributed by atoms with E-state index in [9.17, 15) is 28.2 Å². The fraction of sp³-hybridized carbons (Fsp3) is 0.676. The van der Waals surface area contributed by atoms with Crippen LogP contribution in [0.5, 0.6) is 0 Å². The van der Waals surface area contributed by atoms with Crippen LogP contribution in [-0.2, 0) is 32.3 Å². The molecular formula is C34H54N4O6S. The molecule has 0 saturated heterocycles. The second kappa shape index (κ2) is 15.8. The Morgan fingerprint density at radius 3 is 2.27 bits per heavy atom. The monoisotopic (exact) mass is 646 g/mol. The van der Waals surface area contributed by atoms with Crippen molar-refractivity contribution >= 4 is 21.5 Å². The van der Waals surface area contributed by atoms with E-state index in [2.05, 4.69) is 15.3 Å². The molecule has 2 aromatic rings. The molecule has 3 rings (SSSR count). The Kier molecular flexibility index (Phi) is 12.9. The maximum atomic E-state index is 14.6. The maximum absolute atomic E-state index is 14.6. The minimum absolute atomic E-state index is 0.0562. The van der Waals surface area contributed by atoms with Crippen molar-refractivity contribution in [1.29, 1.82) is 0 Å². The third-order valence-corrected chi connectivity index (χ3v) is 12.0. The van der Waals surface area contributed by atoms with Crippen molar-refractivity contribution < 1.29 is 28.2 Å². The van der Waals surface area contributed by atoms with Crippen LogP contribution in [0.1, 0.15) is 90.8 Å². The van der Waals surface area contributed by atoms with Gasteiger partial charge >= 0.3 is 0 Å². The van der Waals surface area contributed by atoms with Crippen molar-refractivity contribution in [2.75, 3.05) is 5.75 Å². The first kappa shape index (κ1) is 36.9. The van der Waals surface area contributed by atoms with Gasteiger partial charge in [0.2, 0.25) is 5.91 Å². The van der Waals surface area contributed by atoms with E-state index in [1.165, 1.54) is 6.33 Å². The number of carbonyl (C=O) groups is 2. The summed E-state index contributed by atoms with van der Waals surface area (Å²) in [6, 6.07) is 8.32. The molecule has 45 heavy (non-hydrogen) atoms. The number of rotatable bonds is 16. The summed E-state index contributed by atoms with van der Waals surface area (Å²) in [5.41, 5.74) is 5.79. The number of nitrogens with two attached hydrogens (primary N) is 1. The van der Waals surface area contributed by atoms with Gasteiger partial charge in [-0.2, -0.15) is 0 Å². The molecule has 1 aliphatic rings. The fourth-order valence-corrected chi connectivity index (χ4v) is 7.33. The first-order valence-corrected chi connectivity index (χ1v) is 17.9. The van der Waals surface area contributed by atoms with Gasteiger partial charge in [-0.3, -0.25) is 9.59 Å². The van der Waals surface area contributed by atoms with Gasteiger partial charge in [0.1, 0.15) is 0 Å². The van der Waals surface area contributed by atoms with Crippen molar-refractivity contribution in [3.8, 4) is 0 Å². The Balaban J connectivity index is 2.01. The van der Waals surface area contributed by atoms with Crippen LogP contribution in [0.4, 0.5) is 0 Å². The number of hydrogen-bond acceptors (Lipinski definition) is 8. The SMILES string of the molecule is CC(C)C(O)CC(O)[C@H](CC1CCCCC1)NC(=O)[C@@](N)(Cc1c[nH]cn1)C(=O)C(Cc1ccccc1)CS(=O)(=O)C(C)(C)C.